The summed E-state index contributed by atoms with van der Waals surface area (Å²) in [5.74, 6) is 0.456. The van der Waals surface area contributed by atoms with Crippen LogP contribution in [-0.4, -0.2) is 59.0 Å². The minimum atomic E-state index is -3.63. The summed E-state index contributed by atoms with van der Waals surface area (Å²) in [5, 5.41) is 0. The van der Waals surface area contributed by atoms with Crippen LogP contribution in [-0.2, 0) is 26.4 Å². The predicted molar refractivity (Wildman–Crippen MR) is 126 cm³/mol. The zero-order valence-corrected chi connectivity index (χ0v) is 20.3. The topological polar surface area (TPSA) is 92.8 Å². The number of benzene rings is 2. The Morgan fingerprint density at radius 3 is 2.28 bits per heavy atom. The summed E-state index contributed by atoms with van der Waals surface area (Å²) in [6.45, 7) is 6.31. The van der Waals surface area contributed by atoms with Gasteiger partial charge in [0.15, 0.2) is 9.84 Å². The van der Waals surface area contributed by atoms with Gasteiger partial charge in [0.05, 0.1) is 10.6 Å². The van der Waals surface area contributed by atoms with Crippen molar-refractivity contribution in [1.82, 2.24) is 9.62 Å². The number of likely N-dealkylation sites (tertiary alicyclic amines) is 1. The van der Waals surface area contributed by atoms with Crippen molar-refractivity contribution in [3.63, 3.8) is 0 Å². The van der Waals surface area contributed by atoms with E-state index in [2.05, 4.69) is 28.7 Å². The van der Waals surface area contributed by atoms with Crippen LogP contribution in [0.15, 0.2) is 53.4 Å². The first-order valence-electron chi connectivity index (χ1n) is 10.9. The molecule has 3 rings (SSSR count). The van der Waals surface area contributed by atoms with E-state index in [1.54, 1.807) is 19.1 Å². The molecule has 0 amide bonds. The van der Waals surface area contributed by atoms with Gasteiger partial charge in [-0.15, -0.1) is 0 Å². The molecule has 7 nitrogen and oxygen atoms in total. The molecule has 0 aliphatic carbocycles. The molecule has 0 atom stereocenters. The maximum atomic E-state index is 12.8. The van der Waals surface area contributed by atoms with E-state index in [4.69, 9.17) is 4.74 Å². The van der Waals surface area contributed by atoms with Gasteiger partial charge in [0, 0.05) is 31.4 Å². The molecule has 0 bridgehead atoms. The standard InChI is InChI=1S/C23H32N2O5S2/c1-3-31(26,27)17-16-30-22-8-10-23(11-9-22)32(28,29)24-21-12-14-25(15-13-21)18-20-7-5-4-6-19(20)2/h4-11,21,24H,3,12-18H2,1-2H3. The molecule has 1 saturated heterocycles. The second-order valence-corrected chi connectivity index (χ2v) is 12.3. The first-order valence-corrected chi connectivity index (χ1v) is 14.2. The highest BCUT2D eigenvalue weighted by atomic mass is 32.2. The summed E-state index contributed by atoms with van der Waals surface area (Å²) >= 11 is 0. The van der Waals surface area contributed by atoms with Gasteiger partial charge in [0.25, 0.3) is 0 Å². The van der Waals surface area contributed by atoms with Crippen LogP contribution < -0.4 is 9.46 Å². The maximum Gasteiger partial charge on any atom is 0.240 e. The first-order chi connectivity index (χ1) is 15.2. The summed E-state index contributed by atoms with van der Waals surface area (Å²) in [6, 6.07) is 14.3. The fourth-order valence-electron chi connectivity index (χ4n) is 3.67. The van der Waals surface area contributed by atoms with E-state index in [9.17, 15) is 16.8 Å². The smallest absolute Gasteiger partial charge is 0.240 e. The number of ether oxygens (including phenoxy) is 1. The minimum Gasteiger partial charge on any atom is -0.493 e. The highest BCUT2D eigenvalue weighted by Crippen LogP contribution is 2.20. The lowest BCUT2D eigenvalue weighted by Crippen LogP contribution is -2.44. The number of sulfone groups is 1. The number of nitrogens with zero attached hydrogens (tertiary/aromatic N) is 1. The molecule has 2 aromatic rings. The van der Waals surface area contributed by atoms with E-state index < -0.39 is 19.9 Å². The van der Waals surface area contributed by atoms with Crippen LogP contribution in [0.4, 0.5) is 0 Å². The number of piperidine rings is 1. The second kappa shape index (κ2) is 10.8. The number of hydrogen-bond acceptors (Lipinski definition) is 6. The van der Waals surface area contributed by atoms with Crippen molar-refractivity contribution in [3.05, 3.63) is 59.7 Å². The molecule has 9 heteroatoms. The zero-order valence-electron chi connectivity index (χ0n) is 18.7. The van der Waals surface area contributed by atoms with Gasteiger partial charge < -0.3 is 4.74 Å². The highest BCUT2D eigenvalue weighted by Gasteiger charge is 2.25. The Bertz CT molecular complexity index is 1090. The number of aryl methyl sites for hydroxylation is 1. The van der Waals surface area contributed by atoms with Crippen molar-refractivity contribution in [3.8, 4) is 5.75 Å². The Morgan fingerprint density at radius 1 is 1.00 bits per heavy atom. The molecule has 32 heavy (non-hydrogen) atoms. The lowest BCUT2D eigenvalue weighted by Gasteiger charge is -2.32. The summed E-state index contributed by atoms with van der Waals surface area (Å²) < 4.78 is 56.8. The second-order valence-electron chi connectivity index (χ2n) is 8.15. The van der Waals surface area contributed by atoms with Gasteiger partial charge in [0.1, 0.15) is 12.4 Å². The Labute approximate surface area is 191 Å². The molecule has 0 spiro atoms. The third-order valence-corrected chi connectivity index (χ3v) is 9.01. The normalized spacial score (nSPS) is 16.2. The monoisotopic (exact) mass is 480 g/mol. The molecule has 1 heterocycles. The number of hydrogen-bond donors (Lipinski definition) is 1. The Balaban J connectivity index is 1.49. The zero-order chi connectivity index (χ0) is 23.2. The molecular formula is C23H32N2O5S2. The number of rotatable bonds is 10. The van der Waals surface area contributed by atoms with Crippen molar-refractivity contribution in [2.24, 2.45) is 0 Å². The van der Waals surface area contributed by atoms with Crippen LogP contribution in [0.2, 0.25) is 0 Å². The van der Waals surface area contributed by atoms with Crippen molar-refractivity contribution in [2.45, 2.75) is 44.2 Å². The van der Waals surface area contributed by atoms with Crippen LogP contribution in [0.3, 0.4) is 0 Å². The van der Waals surface area contributed by atoms with Crippen molar-refractivity contribution >= 4 is 19.9 Å². The van der Waals surface area contributed by atoms with Crippen molar-refractivity contribution in [1.29, 1.82) is 0 Å². The quantitative estimate of drug-likeness (QED) is 0.562. The lowest BCUT2D eigenvalue weighted by atomic mass is 10.0. The Morgan fingerprint density at radius 2 is 1.66 bits per heavy atom. The summed E-state index contributed by atoms with van der Waals surface area (Å²) in [7, 11) is -6.72. The van der Waals surface area contributed by atoms with Gasteiger partial charge >= 0.3 is 0 Å². The maximum absolute atomic E-state index is 12.8. The van der Waals surface area contributed by atoms with Crippen LogP contribution in [0.5, 0.6) is 5.75 Å². The molecule has 0 unspecified atom stereocenters. The molecule has 1 aliphatic heterocycles. The highest BCUT2D eigenvalue weighted by molar-refractivity contribution is 7.91. The predicted octanol–water partition coefficient (Wildman–Crippen LogP) is 2.75. The summed E-state index contributed by atoms with van der Waals surface area (Å²) in [5.41, 5.74) is 2.58. The van der Waals surface area contributed by atoms with E-state index in [0.29, 0.717) is 5.75 Å². The van der Waals surface area contributed by atoms with E-state index >= 15 is 0 Å². The van der Waals surface area contributed by atoms with E-state index in [1.807, 2.05) is 12.1 Å². The first kappa shape index (κ1) is 24.7. The SMILES string of the molecule is CCS(=O)(=O)CCOc1ccc(S(=O)(=O)NC2CCN(Cc3ccccc3C)CC2)cc1. The Kier molecular flexibility index (Phi) is 8.32. The third kappa shape index (κ3) is 7.03. The number of nitrogens with one attached hydrogen (secondary N) is 1. The van der Waals surface area contributed by atoms with Crippen LogP contribution in [0.25, 0.3) is 0 Å². The van der Waals surface area contributed by atoms with Crippen molar-refractivity contribution < 1.29 is 21.6 Å². The fraction of sp³-hybridized carbons (Fsp3) is 0.478. The molecule has 0 saturated carbocycles. The van der Waals surface area contributed by atoms with Crippen LogP contribution >= 0.6 is 0 Å². The largest absolute Gasteiger partial charge is 0.493 e. The molecule has 0 radical (unpaired) electrons. The van der Waals surface area contributed by atoms with Gasteiger partial charge in [-0.05, 0) is 55.2 Å². The molecule has 1 fully saturated rings. The summed E-state index contributed by atoms with van der Waals surface area (Å²) in [6.07, 6.45) is 1.52. The molecule has 1 aliphatic rings. The van der Waals surface area contributed by atoms with E-state index in [-0.39, 0.29) is 29.0 Å². The number of sulfonamides is 1. The molecule has 2 aromatic carbocycles. The fourth-order valence-corrected chi connectivity index (χ4v) is 5.60. The van der Waals surface area contributed by atoms with Gasteiger partial charge in [-0.2, -0.15) is 0 Å². The van der Waals surface area contributed by atoms with E-state index in [1.165, 1.54) is 23.3 Å². The van der Waals surface area contributed by atoms with Gasteiger partial charge in [-0.1, -0.05) is 31.2 Å². The van der Waals surface area contributed by atoms with Gasteiger partial charge in [-0.25, -0.2) is 21.6 Å². The van der Waals surface area contributed by atoms with Gasteiger partial charge in [0.2, 0.25) is 10.0 Å². The van der Waals surface area contributed by atoms with Crippen LogP contribution in [0.1, 0.15) is 30.9 Å². The Hall–Kier alpha value is -1.94. The van der Waals surface area contributed by atoms with Gasteiger partial charge in [-0.3, -0.25) is 4.90 Å². The molecular weight excluding hydrogens is 448 g/mol. The average molecular weight is 481 g/mol. The van der Waals surface area contributed by atoms with E-state index in [0.717, 1.165) is 32.5 Å². The third-order valence-electron chi connectivity index (χ3n) is 5.80. The minimum absolute atomic E-state index is 0.0433. The molecule has 176 valence electrons. The molecule has 0 aromatic heterocycles. The van der Waals surface area contributed by atoms with Crippen LogP contribution in [0, 0.1) is 6.92 Å². The van der Waals surface area contributed by atoms with Crippen molar-refractivity contribution in [2.75, 3.05) is 31.2 Å². The summed E-state index contributed by atoms with van der Waals surface area (Å²) in [4.78, 5) is 2.53. The lowest BCUT2D eigenvalue weighted by molar-refractivity contribution is 0.199. The molecule has 1 N–H and O–H groups in total. The average Bonchev–Trinajstić information content (AvgIpc) is 2.77.